The number of aryl methyl sites for hydroxylation is 2. The molecule has 0 bridgehead atoms. The maximum atomic E-state index is 12.5. The number of allylic oxidation sites excluding steroid dienone is 1. The number of aromatic nitrogens is 3. The molecule has 1 amide bonds. The molecule has 0 saturated heterocycles. The lowest BCUT2D eigenvalue weighted by atomic mass is 10.0. The first-order valence-electron chi connectivity index (χ1n) is 10.7. The minimum absolute atomic E-state index is 0.103. The highest BCUT2D eigenvalue weighted by Gasteiger charge is 2.16. The minimum atomic E-state index is -0.103. The van der Waals surface area contributed by atoms with Gasteiger partial charge in [-0.05, 0) is 60.7 Å². The van der Waals surface area contributed by atoms with Gasteiger partial charge in [0, 0.05) is 16.7 Å². The molecular weight excluding hydrogens is 500 g/mol. The summed E-state index contributed by atoms with van der Waals surface area (Å²) in [6.07, 6.45) is 1.79. The highest BCUT2D eigenvalue weighted by Crippen LogP contribution is 2.28. The zero-order chi connectivity index (χ0) is 24.0. The normalized spacial score (nSPS) is 11.0. The largest absolute Gasteiger partial charge is 0.485 e. The van der Waals surface area contributed by atoms with Crippen LogP contribution in [0.5, 0.6) is 5.75 Å². The molecule has 0 saturated carbocycles. The molecule has 8 heteroatoms. The predicted molar refractivity (Wildman–Crippen MR) is 138 cm³/mol. The number of anilines is 1. The monoisotopic (exact) mass is 528 g/mol. The van der Waals surface area contributed by atoms with E-state index in [1.165, 1.54) is 11.8 Å². The molecule has 2 aromatic carbocycles. The summed E-state index contributed by atoms with van der Waals surface area (Å²) in [5.41, 5.74) is 4.13. The minimum Gasteiger partial charge on any atom is -0.485 e. The van der Waals surface area contributed by atoms with Crippen molar-refractivity contribution in [1.29, 1.82) is 0 Å². The van der Waals surface area contributed by atoms with Gasteiger partial charge in [0.25, 0.3) is 0 Å². The van der Waals surface area contributed by atoms with Gasteiger partial charge in [-0.1, -0.05) is 59.7 Å². The molecule has 0 unspecified atom stereocenters. The van der Waals surface area contributed by atoms with E-state index < -0.39 is 0 Å². The molecule has 3 rings (SSSR count). The molecule has 0 fully saturated rings. The van der Waals surface area contributed by atoms with Crippen LogP contribution in [0.3, 0.4) is 0 Å². The lowest BCUT2D eigenvalue weighted by Gasteiger charge is -2.15. The van der Waals surface area contributed by atoms with Gasteiger partial charge in [0.1, 0.15) is 12.4 Å². The van der Waals surface area contributed by atoms with Crippen LogP contribution in [0.2, 0.25) is 0 Å². The smallest absolute Gasteiger partial charge is 0.234 e. The van der Waals surface area contributed by atoms with Crippen LogP contribution in [0.4, 0.5) is 5.69 Å². The van der Waals surface area contributed by atoms with E-state index >= 15 is 0 Å². The van der Waals surface area contributed by atoms with E-state index in [1.807, 2.05) is 42.7 Å². The van der Waals surface area contributed by atoms with Gasteiger partial charge >= 0.3 is 0 Å². The number of ether oxygens (including phenoxy) is 1. The van der Waals surface area contributed by atoms with Gasteiger partial charge in [-0.3, -0.25) is 9.36 Å². The average Bonchev–Trinajstić information content (AvgIpc) is 3.15. The van der Waals surface area contributed by atoms with Crippen LogP contribution in [-0.4, -0.2) is 26.4 Å². The lowest BCUT2D eigenvalue weighted by molar-refractivity contribution is -0.113. The molecule has 0 spiro atoms. The Morgan fingerprint density at radius 3 is 2.73 bits per heavy atom. The third-order valence-corrected chi connectivity index (χ3v) is 6.88. The van der Waals surface area contributed by atoms with E-state index in [-0.39, 0.29) is 18.3 Å². The molecule has 1 heterocycles. The molecule has 0 atom stereocenters. The molecule has 6 nitrogen and oxygen atoms in total. The molecule has 1 aromatic heterocycles. The summed E-state index contributed by atoms with van der Waals surface area (Å²) in [6.45, 7) is 13.0. The van der Waals surface area contributed by atoms with E-state index in [0.29, 0.717) is 23.4 Å². The molecule has 0 aliphatic carbocycles. The van der Waals surface area contributed by atoms with Gasteiger partial charge in [-0.2, -0.15) is 0 Å². The van der Waals surface area contributed by atoms with Crippen LogP contribution >= 0.6 is 27.7 Å². The summed E-state index contributed by atoms with van der Waals surface area (Å²) in [5, 5.41) is 12.2. The first-order chi connectivity index (χ1) is 15.8. The summed E-state index contributed by atoms with van der Waals surface area (Å²) in [7, 11) is 0. The van der Waals surface area contributed by atoms with Gasteiger partial charge in [0.05, 0.1) is 5.75 Å². The predicted octanol–water partition coefficient (Wildman–Crippen LogP) is 6.28. The Balaban J connectivity index is 1.67. The van der Waals surface area contributed by atoms with Gasteiger partial charge < -0.3 is 10.1 Å². The second-order valence-corrected chi connectivity index (χ2v) is 9.88. The topological polar surface area (TPSA) is 69.0 Å². The van der Waals surface area contributed by atoms with Crippen LogP contribution < -0.4 is 10.1 Å². The number of hydrogen-bond donors (Lipinski definition) is 1. The van der Waals surface area contributed by atoms with Crippen molar-refractivity contribution in [2.45, 2.75) is 51.9 Å². The lowest BCUT2D eigenvalue weighted by Crippen LogP contribution is -2.15. The Kier molecular flexibility index (Phi) is 8.74. The number of hydrogen-bond acceptors (Lipinski definition) is 5. The number of rotatable bonds is 10. The fourth-order valence-electron chi connectivity index (χ4n) is 3.28. The quantitative estimate of drug-likeness (QED) is 0.247. The van der Waals surface area contributed by atoms with E-state index in [4.69, 9.17) is 4.74 Å². The van der Waals surface area contributed by atoms with Crippen molar-refractivity contribution < 1.29 is 9.53 Å². The maximum absolute atomic E-state index is 12.5. The second-order valence-electron chi connectivity index (χ2n) is 8.08. The molecule has 33 heavy (non-hydrogen) atoms. The summed E-state index contributed by atoms with van der Waals surface area (Å²) in [5.74, 6) is 2.02. The fourth-order valence-corrected chi connectivity index (χ4v) is 4.29. The first kappa shape index (κ1) is 25.1. The Morgan fingerprint density at radius 1 is 1.24 bits per heavy atom. The number of halogens is 1. The Hall–Kier alpha value is -2.58. The molecule has 3 aromatic rings. The highest BCUT2D eigenvalue weighted by atomic mass is 79.9. The number of nitrogens with zero attached hydrogens (tertiary/aromatic N) is 3. The standard InChI is InChI=1S/C25H29BrN4O2S/c1-6-11-30-23(14-32-22-12-17(4)7-9-20(22)16(2)3)28-29-25(30)33-15-24(31)27-19-8-10-21(26)18(5)13-19/h6-10,12-13,16H,1,11,14-15H2,2-5H3,(H,27,31). The summed E-state index contributed by atoms with van der Waals surface area (Å²) in [4.78, 5) is 12.5. The third kappa shape index (κ3) is 6.71. The third-order valence-electron chi connectivity index (χ3n) is 5.03. The van der Waals surface area contributed by atoms with Gasteiger partial charge in [0.15, 0.2) is 11.0 Å². The number of nitrogens with one attached hydrogen (secondary N) is 1. The van der Waals surface area contributed by atoms with Crippen molar-refractivity contribution in [2.75, 3.05) is 11.1 Å². The van der Waals surface area contributed by atoms with E-state index in [1.54, 1.807) is 6.08 Å². The Morgan fingerprint density at radius 2 is 2.03 bits per heavy atom. The van der Waals surface area contributed by atoms with Crippen molar-refractivity contribution in [1.82, 2.24) is 14.8 Å². The van der Waals surface area contributed by atoms with Crippen LogP contribution in [0.25, 0.3) is 0 Å². The van der Waals surface area contributed by atoms with Crippen molar-refractivity contribution in [3.63, 3.8) is 0 Å². The summed E-state index contributed by atoms with van der Waals surface area (Å²) < 4.78 is 9.08. The molecule has 174 valence electrons. The summed E-state index contributed by atoms with van der Waals surface area (Å²) >= 11 is 4.81. The summed E-state index contributed by atoms with van der Waals surface area (Å²) in [6, 6.07) is 12.0. The molecule has 0 radical (unpaired) electrons. The fraction of sp³-hybridized carbons (Fsp3) is 0.320. The van der Waals surface area contributed by atoms with Crippen molar-refractivity contribution in [3.05, 3.63) is 76.0 Å². The highest BCUT2D eigenvalue weighted by molar-refractivity contribution is 9.10. The SMILES string of the molecule is C=CCn1c(COc2cc(C)ccc2C(C)C)nnc1SCC(=O)Nc1ccc(Br)c(C)c1. The van der Waals surface area contributed by atoms with Crippen LogP contribution in [0, 0.1) is 13.8 Å². The van der Waals surface area contributed by atoms with Gasteiger partial charge in [-0.15, -0.1) is 16.8 Å². The first-order valence-corrected chi connectivity index (χ1v) is 12.5. The molecule has 0 aliphatic heterocycles. The van der Waals surface area contributed by atoms with Gasteiger partial charge in [-0.25, -0.2) is 0 Å². The van der Waals surface area contributed by atoms with E-state index in [0.717, 1.165) is 32.6 Å². The number of amides is 1. The maximum Gasteiger partial charge on any atom is 0.234 e. The number of carbonyl (C=O) groups excluding carboxylic acids is 1. The Labute approximate surface area is 208 Å². The zero-order valence-corrected chi connectivity index (χ0v) is 21.8. The van der Waals surface area contributed by atoms with Crippen LogP contribution in [0.15, 0.2) is 58.7 Å². The van der Waals surface area contributed by atoms with Gasteiger partial charge in [0.2, 0.25) is 5.91 Å². The average molecular weight is 530 g/mol. The van der Waals surface area contributed by atoms with Crippen LogP contribution in [-0.2, 0) is 17.9 Å². The van der Waals surface area contributed by atoms with E-state index in [9.17, 15) is 4.79 Å². The Bertz CT molecular complexity index is 1140. The number of thioether (sulfide) groups is 1. The van der Waals surface area contributed by atoms with Crippen molar-refractivity contribution >= 4 is 39.3 Å². The van der Waals surface area contributed by atoms with Crippen LogP contribution in [0.1, 0.15) is 42.3 Å². The second kappa shape index (κ2) is 11.5. The van der Waals surface area contributed by atoms with Crippen molar-refractivity contribution in [2.24, 2.45) is 0 Å². The molecular formula is C25H29BrN4O2S. The number of benzene rings is 2. The molecule has 1 N–H and O–H groups in total. The zero-order valence-electron chi connectivity index (χ0n) is 19.4. The van der Waals surface area contributed by atoms with Crippen molar-refractivity contribution in [3.8, 4) is 5.75 Å². The number of carbonyl (C=O) groups is 1. The van der Waals surface area contributed by atoms with E-state index in [2.05, 4.69) is 64.0 Å². The molecule has 0 aliphatic rings.